The van der Waals surface area contributed by atoms with E-state index in [0.29, 0.717) is 0 Å². The number of halogens is 1. The molecule has 1 aromatic carbocycles. The monoisotopic (exact) mass is 294 g/mol. The molecule has 0 saturated heterocycles. The van der Waals surface area contributed by atoms with Crippen LogP contribution in [0.15, 0.2) is 24.3 Å². The molecule has 0 aromatic heterocycles. The predicted molar refractivity (Wildman–Crippen MR) is 87.2 cm³/mol. The lowest BCUT2D eigenvalue weighted by atomic mass is 9.89. The fraction of sp³-hybridized carbons (Fsp3) is 0.647. The largest absolute Gasteiger partial charge is 0.315 e. The zero-order valence-corrected chi connectivity index (χ0v) is 13.3. The average Bonchev–Trinajstić information content (AvgIpc) is 2.47. The maximum Gasteiger partial charge on any atom is 0.0451 e. The SMILES string of the molecule is CN(CCNCC1CCCCC1)Cc1ccccc1Cl. The highest BCUT2D eigenvalue weighted by Crippen LogP contribution is 2.22. The maximum atomic E-state index is 6.19. The Kier molecular flexibility index (Phi) is 6.85. The summed E-state index contributed by atoms with van der Waals surface area (Å²) >= 11 is 6.19. The van der Waals surface area contributed by atoms with Gasteiger partial charge >= 0.3 is 0 Å². The van der Waals surface area contributed by atoms with E-state index in [2.05, 4.69) is 29.4 Å². The van der Waals surface area contributed by atoms with Gasteiger partial charge < -0.3 is 10.2 Å². The van der Waals surface area contributed by atoms with E-state index in [-0.39, 0.29) is 0 Å². The van der Waals surface area contributed by atoms with Gasteiger partial charge in [-0.2, -0.15) is 0 Å². The first-order valence-electron chi connectivity index (χ1n) is 7.88. The van der Waals surface area contributed by atoms with E-state index < -0.39 is 0 Å². The van der Waals surface area contributed by atoms with Gasteiger partial charge in [0.25, 0.3) is 0 Å². The van der Waals surface area contributed by atoms with Crippen molar-refractivity contribution in [1.82, 2.24) is 10.2 Å². The second-order valence-electron chi connectivity index (χ2n) is 6.04. The molecule has 0 heterocycles. The standard InChI is InChI=1S/C17H27ClN2/c1-20(14-16-9-5-6-10-17(16)18)12-11-19-13-15-7-3-2-4-8-15/h5-6,9-10,15,19H,2-4,7-8,11-14H2,1H3. The second kappa shape index (κ2) is 8.66. The number of rotatable bonds is 7. The van der Waals surface area contributed by atoms with Crippen LogP contribution >= 0.6 is 11.6 Å². The molecule has 1 aliphatic rings. The smallest absolute Gasteiger partial charge is 0.0451 e. The van der Waals surface area contributed by atoms with Gasteiger partial charge in [0.1, 0.15) is 0 Å². The minimum Gasteiger partial charge on any atom is -0.315 e. The normalized spacial score (nSPS) is 16.8. The predicted octanol–water partition coefficient (Wildman–Crippen LogP) is 3.94. The summed E-state index contributed by atoms with van der Waals surface area (Å²) in [4.78, 5) is 2.33. The topological polar surface area (TPSA) is 15.3 Å². The van der Waals surface area contributed by atoms with Gasteiger partial charge in [-0.15, -0.1) is 0 Å². The zero-order valence-electron chi connectivity index (χ0n) is 12.6. The molecule has 2 nitrogen and oxygen atoms in total. The first-order valence-corrected chi connectivity index (χ1v) is 8.26. The molecule has 1 aliphatic carbocycles. The van der Waals surface area contributed by atoms with E-state index in [1.54, 1.807) is 0 Å². The van der Waals surface area contributed by atoms with Crippen LogP contribution in [-0.4, -0.2) is 31.6 Å². The van der Waals surface area contributed by atoms with E-state index in [4.69, 9.17) is 11.6 Å². The van der Waals surface area contributed by atoms with Crippen molar-refractivity contribution < 1.29 is 0 Å². The highest BCUT2D eigenvalue weighted by Gasteiger charge is 2.12. The van der Waals surface area contributed by atoms with Crippen LogP contribution < -0.4 is 5.32 Å². The lowest BCUT2D eigenvalue weighted by molar-refractivity contribution is 0.304. The molecular formula is C17H27ClN2. The maximum absolute atomic E-state index is 6.19. The summed E-state index contributed by atoms with van der Waals surface area (Å²) in [6, 6.07) is 8.11. The van der Waals surface area contributed by atoms with Crippen LogP contribution in [0.4, 0.5) is 0 Å². The molecule has 0 unspecified atom stereocenters. The van der Waals surface area contributed by atoms with E-state index in [1.807, 2.05) is 12.1 Å². The van der Waals surface area contributed by atoms with Gasteiger partial charge in [0.05, 0.1) is 0 Å². The van der Waals surface area contributed by atoms with Gasteiger partial charge in [0, 0.05) is 24.7 Å². The van der Waals surface area contributed by atoms with Crippen molar-refractivity contribution in [2.24, 2.45) is 5.92 Å². The highest BCUT2D eigenvalue weighted by molar-refractivity contribution is 6.31. The van der Waals surface area contributed by atoms with E-state index in [9.17, 15) is 0 Å². The van der Waals surface area contributed by atoms with E-state index in [1.165, 1.54) is 44.2 Å². The molecule has 0 amide bonds. The van der Waals surface area contributed by atoms with Gasteiger partial charge in [-0.05, 0) is 44.0 Å². The summed E-state index contributed by atoms with van der Waals surface area (Å²) in [7, 11) is 2.16. The molecule has 0 radical (unpaired) electrons. The summed E-state index contributed by atoms with van der Waals surface area (Å²) in [5.74, 6) is 0.914. The Morgan fingerprint density at radius 1 is 1.20 bits per heavy atom. The molecule has 20 heavy (non-hydrogen) atoms. The Bertz CT molecular complexity index is 388. The Morgan fingerprint density at radius 2 is 1.95 bits per heavy atom. The molecule has 1 saturated carbocycles. The lowest BCUT2D eigenvalue weighted by Crippen LogP contribution is -2.32. The lowest BCUT2D eigenvalue weighted by Gasteiger charge is -2.23. The third-order valence-electron chi connectivity index (χ3n) is 4.23. The number of likely N-dealkylation sites (N-methyl/N-ethyl adjacent to an activating group) is 1. The number of nitrogens with one attached hydrogen (secondary N) is 1. The van der Waals surface area contributed by atoms with Gasteiger partial charge in [-0.1, -0.05) is 49.1 Å². The van der Waals surface area contributed by atoms with Crippen LogP contribution in [0.2, 0.25) is 5.02 Å². The minimum atomic E-state index is 0.870. The van der Waals surface area contributed by atoms with Gasteiger partial charge in [-0.25, -0.2) is 0 Å². The molecule has 0 bridgehead atoms. The van der Waals surface area contributed by atoms with E-state index in [0.717, 1.165) is 30.6 Å². The molecule has 1 fully saturated rings. The van der Waals surface area contributed by atoms with E-state index >= 15 is 0 Å². The summed E-state index contributed by atoms with van der Waals surface area (Å²) in [6.07, 6.45) is 7.14. The van der Waals surface area contributed by atoms with Gasteiger partial charge in [-0.3, -0.25) is 0 Å². The molecule has 1 aromatic rings. The van der Waals surface area contributed by atoms with Crippen molar-refractivity contribution >= 4 is 11.6 Å². The fourth-order valence-electron chi connectivity index (χ4n) is 2.96. The first kappa shape index (κ1) is 15.8. The number of nitrogens with zero attached hydrogens (tertiary/aromatic N) is 1. The van der Waals surface area contributed by atoms with Crippen LogP contribution in [0.1, 0.15) is 37.7 Å². The quantitative estimate of drug-likeness (QED) is 0.766. The van der Waals surface area contributed by atoms with Crippen molar-refractivity contribution in [2.45, 2.75) is 38.6 Å². The Hall–Kier alpha value is -0.570. The molecule has 0 atom stereocenters. The van der Waals surface area contributed by atoms with Crippen molar-refractivity contribution in [3.8, 4) is 0 Å². The third kappa shape index (κ3) is 5.43. The Labute approximate surface area is 128 Å². The summed E-state index contributed by atoms with van der Waals surface area (Å²) < 4.78 is 0. The van der Waals surface area contributed by atoms with Crippen molar-refractivity contribution in [3.63, 3.8) is 0 Å². The number of hydrogen-bond donors (Lipinski definition) is 1. The molecule has 112 valence electrons. The molecule has 1 N–H and O–H groups in total. The fourth-order valence-corrected chi connectivity index (χ4v) is 3.16. The van der Waals surface area contributed by atoms with Crippen molar-refractivity contribution in [1.29, 1.82) is 0 Å². The van der Waals surface area contributed by atoms with Gasteiger partial charge in [0.2, 0.25) is 0 Å². The number of benzene rings is 1. The van der Waals surface area contributed by atoms with Crippen LogP contribution in [-0.2, 0) is 6.54 Å². The Balaban J connectivity index is 1.60. The molecule has 0 spiro atoms. The van der Waals surface area contributed by atoms with Crippen LogP contribution in [0.25, 0.3) is 0 Å². The summed E-state index contributed by atoms with van der Waals surface area (Å²) in [5, 5.41) is 4.48. The van der Waals surface area contributed by atoms with Crippen LogP contribution in [0.3, 0.4) is 0 Å². The average molecular weight is 295 g/mol. The summed E-state index contributed by atoms with van der Waals surface area (Å²) in [6.45, 7) is 4.25. The Morgan fingerprint density at radius 3 is 2.70 bits per heavy atom. The van der Waals surface area contributed by atoms with Crippen molar-refractivity contribution in [3.05, 3.63) is 34.9 Å². The van der Waals surface area contributed by atoms with Gasteiger partial charge in [0.15, 0.2) is 0 Å². The molecule has 2 rings (SSSR count). The first-order chi connectivity index (χ1) is 9.75. The van der Waals surface area contributed by atoms with Crippen LogP contribution in [0, 0.1) is 5.92 Å². The third-order valence-corrected chi connectivity index (χ3v) is 4.59. The van der Waals surface area contributed by atoms with Crippen molar-refractivity contribution in [2.75, 3.05) is 26.7 Å². The zero-order chi connectivity index (χ0) is 14.2. The highest BCUT2D eigenvalue weighted by atomic mass is 35.5. The number of hydrogen-bond acceptors (Lipinski definition) is 2. The van der Waals surface area contributed by atoms with Crippen LogP contribution in [0.5, 0.6) is 0 Å². The summed E-state index contributed by atoms with van der Waals surface area (Å²) in [5.41, 5.74) is 1.21. The molecule has 3 heteroatoms. The second-order valence-corrected chi connectivity index (χ2v) is 6.44. The minimum absolute atomic E-state index is 0.870. The molecular weight excluding hydrogens is 268 g/mol. The molecule has 0 aliphatic heterocycles.